The first-order valence-corrected chi connectivity index (χ1v) is 7.08. The van der Waals surface area contributed by atoms with E-state index >= 15 is 0 Å². The zero-order chi connectivity index (χ0) is 15.8. The summed E-state index contributed by atoms with van der Waals surface area (Å²) in [4.78, 5) is 11.8. The third-order valence-electron chi connectivity index (χ3n) is 2.56. The molecule has 0 unspecified atom stereocenters. The van der Waals surface area contributed by atoms with E-state index in [9.17, 15) is 4.79 Å². The second-order valence-electron chi connectivity index (χ2n) is 5.57. The first kappa shape index (κ1) is 16.8. The Balaban J connectivity index is 2.78. The molecule has 1 aromatic carbocycles. The van der Waals surface area contributed by atoms with Crippen LogP contribution in [0.2, 0.25) is 0 Å². The van der Waals surface area contributed by atoms with Gasteiger partial charge in [0, 0.05) is 6.04 Å². The van der Waals surface area contributed by atoms with Crippen molar-refractivity contribution < 1.29 is 9.53 Å². The number of rotatable bonds is 6. The summed E-state index contributed by atoms with van der Waals surface area (Å²) >= 11 is 0. The second kappa shape index (κ2) is 8.11. The summed E-state index contributed by atoms with van der Waals surface area (Å²) in [7, 11) is 0. The lowest BCUT2D eigenvalue weighted by Crippen LogP contribution is -2.30. The number of hydrogen-bond acceptors (Lipinski definition) is 3. The lowest BCUT2D eigenvalue weighted by Gasteiger charge is -2.09. The first-order chi connectivity index (χ1) is 9.92. The summed E-state index contributed by atoms with van der Waals surface area (Å²) in [5.41, 5.74) is 0.891. The van der Waals surface area contributed by atoms with Crippen LogP contribution in [0.15, 0.2) is 29.8 Å². The van der Waals surface area contributed by atoms with Crippen molar-refractivity contribution in [2.45, 2.75) is 33.7 Å². The summed E-state index contributed by atoms with van der Waals surface area (Å²) in [6.45, 7) is 8.55. The Morgan fingerprint density at radius 1 is 1.29 bits per heavy atom. The Labute approximate surface area is 126 Å². The number of hydrogen-bond donors (Lipinski definition) is 1. The molecule has 0 saturated carbocycles. The minimum absolute atomic E-state index is 0.000981. The molecule has 0 atom stereocenters. The molecule has 4 heteroatoms. The van der Waals surface area contributed by atoms with Gasteiger partial charge in [-0.05, 0) is 43.5 Å². The van der Waals surface area contributed by atoms with Crippen molar-refractivity contribution in [2.24, 2.45) is 5.92 Å². The van der Waals surface area contributed by atoms with Gasteiger partial charge >= 0.3 is 0 Å². The highest BCUT2D eigenvalue weighted by atomic mass is 16.5. The number of nitrogens with one attached hydrogen (secondary N) is 1. The summed E-state index contributed by atoms with van der Waals surface area (Å²) in [6.07, 6.45) is 1.57. The van der Waals surface area contributed by atoms with Crippen molar-refractivity contribution >= 4 is 12.0 Å². The Hall–Kier alpha value is -2.28. The van der Waals surface area contributed by atoms with E-state index in [0.717, 1.165) is 11.3 Å². The number of carbonyl (C=O) groups excluding carboxylic acids is 1. The maximum Gasteiger partial charge on any atom is 0.262 e. The second-order valence-corrected chi connectivity index (χ2v) is 5.57. The van der Waals surface area contributed by atoms with Gasteiger partial charge in [-0.3, -0.25) is 4.79 Å². The third-order valence-corrected chi connectivity index (χ3v) is 2.56. The van der Waals surface area contributed by atoms with Crippen LogP contribution < -0.4 is 10.1 Å². The minimum Gasteiger partial charge on any atom is -0.493 e. The van der Waals surface area contributed by atoms with E-state index in [1.54, 1.807) is 6.08 Å². The van der Waals surface area contributed by atoms with Crippen molar-refractivity contribution in [1.82, 2.24) is 5.32 Å². The van der Waals surface area contributed by atoms with Crippen LogP contribution in [-0.2, 0) is 4.79 Å². The molecule has 1 N–H and O–H groups in total. The van der Waals surface area contributed by atoms with Crippen LogP contribution in [0.1, 0.15) is 33.3 Å². The van der Waals surface area contributed by atoms with E-state index in [4.69, 9.17) is 10.00 Å². The Kier molecular flexibility index (Phi) is 6.48. The normalized spacial score (nSPS) is 11.4. The Morgan fingerprint density at radius 2 is 1.90 bits per heavy atom. The fraction of sp³-hybridized carbons (Fsp3) is 0.412. The summed E-state index contributed by atoms with van der Waals surface area (Å²) in [5.74, 6) is 0.896. The van der Waals surface area contributed by atoms with Crippen molar-refractivity contribution in [3.8, 4) is 11.8 Å². The maximum absolute atomic E-state index is 11.8. The molecule has 0 fully saturated rings. The fourth-order valence-corrected chi connectivity index (χ4v) is 1.58. The van der Waals surface area contributed by atoms with Gasteiger partial charge in [-0.15, -0.1) is 0 Å². The SMILES string of the molecule is CC(C)COc1ccc(/C=C(/C#N)C(=O)NC(C)C)cc1. The van der Waals surface area contributed by atoms with Gasteiger partial charge in [0.15, 0.2) is 0 Å². The van der Waals surface area contributed by atoms with Crippen LogP contribution in [0.25, 0.3) is 6.08 Å². The Morgan fingerprint density at radius 3 is 2.38 bits per heavy atom. The molecule has 0 radical (unpaired) electrons. The van der Waals surface area contributed by atoms with E-state index in [-0.39, 0.29) is 17.5 Å². The lowest BCUT2D eigenvalue weighted by atomic mass is 10.1. The molecular formula is C17H22N2O2. The van der Waals surface area contributed by atoms with Gasteiger partial charge in [0.05, 0.1) is 6.61 Å². The van der Waals surface area contributed by atoms with Crippen LogP contribution in [0.5, 0.6) is 5.75 Å². The molecule has 0 aliphatic carbocycles. The number of amides is 1. The molecule has 1 rings (SSSR count). The van der Waals surface area contributed by atoms with Gasteiger partial charge in [-0.1, -0.05) is 26.0 Å². The van der Waals surface area contributed by atoms with E-state index in [2.05, 4.69) is 19.2 Å². The molecule has 0 aliphatic rings. The quantitative estimate of drug-likeness (QED) is 0.645. The van der Waals surface area contributed by atoms with E-state index in [1.165, 1.54) is 0 Å². The van der Waals surface area contributed by atoms with Gasteiger partial charge in [-0.2, -0.15) is 5.26 Å². The van der Waals surface area contributed by atoms with Crippen LogP contribution in [-0.4, -0.2) is 18.6 Å². The molecule has 0 aromatic heterocycles. The zero-order valence-electron chi connectivity index (χ0n) is 13.0. The molecule has 0 bridgehead atoms. The lowest BCUT2D eigenvalue weighted by molar-refractivity contribution is -0.117. The molecule has 0 spiro atoms. The summed E-state index contributed by atoms with van der Waals surface area (Å²) in [5, 5.41) is 11.8. The maximum atomic E-state index is 11.8. The van der Waals surface area contributed by atoms with Gasteiger partial charge in [0.2, 0.25) is 0 Å². The topological polar surface area (TPSA) is 62.1 Å². The van der Waals surface area contributed by atoms with E-state index < -0.39 is 0 Å². The first-order valence-electron chi connectivity index (χ1n) is 7.08. The molecule has 21 heavy (non-hydrogen) atoms. The number of carbonyl (C=O) groups is 1. The highest BCUT2D eigenvalue weighted by Crippen LogP contribution is 2.15. The molecule has 0 heterocycles. The number of nitriles is 1. The molecule has 1 aromatic rings. The predicted molar refractivity (Wildman–Crippen MR) is 83.6 cm³/mol. The van der Waals surface area contributed by atoms with Gasteiger partial charge in [0.25, 0.3) is 5.91 Å². The summed E-state index contributed by atoms with van der Waals surface area (Å²) in [6, 6.07) is 9.26. The molecule has 4 nitrogen and oxygen atoms in total. The molecule has 1 amide bonds. The molecular weight excluding hydrogens is 264 g/mol. The molecule has 0 saturated heterocycles. The molecule has 112 valence electrons. The monoisotopic (exact) mass is 286 g/mol. The number of ether oxygens (including phenoxy) is 1. The van der Waals surface area contributed by atoms with E-state index in [1.807, 2.05) is 44.2 Å². The van der Waals surface area contributed by atoms with Crippen molar-refractivity contribution in [3.63, 3.8) is 0 Å². The average Bonchev–Trinajstić information content (AvgIpc) is 2.42. The van der Waals surface area contributed by atoms with Gasteiger partial charge < -0.3 is 10.1 Å². The van der Waals surface area contributed by atoms with Crippen molar-refractivity contribution in [2.75, 3.05) is 6.61 Å². The van der Waals surface area contributed by atoms with Crippen molar-refractivity contribution in [1.29, 1.82) is 5.26 Å². The smallest absolute Gasteiger partial charge is 0.262 e. The average molecular weight is 286 g/mol. The number of nitrogens with zero attached hydrogens (tertiary/aromatic N) is 1. The standard InChI is InChI=1S/C17H22N2O2/c1-12(2)11-21-16-7-5-14(6-8-16)9-15(10-18)17(20)19-13(3)4/h5-9,12-13H,11H2,1-4H3,(H,19,20)/b15-9-. The zero-order valence-corrected chi connectivity index (χ0v) is 13.0. The highest BCUT2D eigenvalue weighted by Gasteiger charge is 2.09. The van der Waals surface area contributed by atoms with Gasteiger partial charge in [-0.25, -0.2) is 0 Å². The van der Waals surface area contributed by atoms with E-state index in [0.29, 0.717) is 12.5 Å². The largest absolute Gasteiger partial charge is 0.493 e. The summed E-state index contributed by atoms with van der Waals surface area (Å²) < 4.78 is 5.59. The third kappa shape index (κ3) is 6.13. The highest BCUT2D eigenvalue weighted by molar-refractivity contribution is 6.01. The van der Waals surface area contributed by atoms with Crippen molar-refractivity contribution in [3.05, 3.63) is 35.4 Å². The molecule has 0 aliphatic heterocycles. The van der Waals surface area contributed by atoms with Crippen LogP contribution in [0.4, 0.5) is 0 Å². The predicted octanol–water partition coefficient (Wildman–Crippen LogP) is 3.15. The number of benzene rings is 1. The van der Waals surface area contributed by atoms with Crippen LogP contribution in [0, 0.1) is 17.2 Å². The Bertz CT molecular complexity index is 537. The fourth-order valence-electron chi connectivity index (χ4n) is 1.58. The van der Waals surface area contributed by atoms with Crippen LogP contribution in [0.3, 0.4) is 0 Å². The van der Waals surface area contributed by atoms with Gasteiger partial charge in [0.1, 0.15) is 17.4 Å². The van der Waals surface area contributed by atoms with Crippen LogP contribution >= 0.6 is 0 Å². The minimum atomic E-state index is -0.354.